The van der Waals surface area contributed by atoms with Crippen LogP contribution in [0.15, 0.2) is 0 Å². The van der Waals surface area contributed by atoms with Crippen molar-refractivity contribution in [1.29, 1.82) is 0 Å². The Labute approximate surface area is 107 Å². The molecule has 3 nitrogen and oxygen atoms in total. The molecule has 1 aromatic rings. The molecule has 0 unspecified atom stereocenters. The van der Waals surface area contributed by atoms with Gasteiger partial charge in [-0.1, -0.05) is 31.1 Å². The topological polar surface area (TPSA) is 33.2 Å². The van der Waals surface area contributed by atoms with Crippen molar-refractivity contribution in [2.75, 3.05) is 18.5 Å². The first-order valence-corrected chi connectivity index (χ1v) is 7.22. The van der Waals surface area contributed by atoms with Crippen LogP contribution < -0.4 is 4.90 Å². The zero-order valence-corrected chi connectivity index (χ0v) is 11.4. The standard InChI is InChI=1S/C13H20N2OS/c1-3-5-11-12(9-16)17-13(14-11)15(2)8-10-6-4-7-10/h9-10H,3-8H2,1-2H3. The maximum absolute atomic E-state index is 11.0. The van der Waals surface area contributed by atoms with Crippen LogP contribution in [-0.4, -0.2) is 24.9 Å². The summed E-state index contributed by atoms with van der Waals surface area (Å²) in [7, 11) is 2.08. The number of carbonyl (C=O) groups is 1. The van der Waals surface area contributed by atoms with Crippen molar-refractivity contribution < 1.29 is 4.79 Å². The Morgan fingerprint density at radius 2 is 2.29 bits per heavy atom. The average molecular weight is 252 g/mol. The highest BCUT2D eigenvalue weighted by Gasteiger charge is 2.21. The number of rotatable bonds is 6. The van der Waals surface area contributed by atoms with Crippen molar-refractivity contribution in [3.63, 3.8) is 0 Å². The molecule has 94 valence electrons. The molecule has 0 bridgehead atoms. The summed E-state index contributed by atoms with van der Waals surface area (Å²) in [4.78, 5) is 18.6. The van der Waals surface area contributed by atoms with Gasteiger partial charge in [-0.2, -0.15) is 0 Å². The second-order valence-corrected chi connectivity index (χ2v) is 5.86. The first kappa shape index (κ1) is 12.6. The Hall–Kier alpha value is -0.900. The molecule has 0 radical (unpaired) electrons. The van der Waals surface area contributed by atoms with Gasteiger partial charge in [-0.15, -0.1) is 0 Å². The summed E-state index contributed by atoms with van der Waals surface area (Å²) in [5, 5.41) is 1.00. The number of hydrogen-bond donors (Lipinski definition) is 0. The number of thiazole rings is 1. The number of aromatic nitrogens is 1. The van der Waals surface area contributed by atoms with Gasteiger partial charge in [0.1, 0.15) is 0 Å². The molecule has 4 heteroatoms. The fourth-order valence-electron chi connectivity index (χ4n) is 2.16. The molecular formula is C13H20N2OS. The van der Waals surface area contributed by atoms with E-state index in [0.29, 0.717) is 0 Å². The lowest BCUT2D eigenvalue weighted by molar-refractivity contribution is 0.112. The maximum atomic E-state index is 11.0. The molecule has 0 aliphatic heterocycles. The number of aldehydes is 1. The highest BCUT2D eigenvalue weighted by molar-refractivity contribution is 7.17. The monoisotopic (exact) mass is 252 g/mol. The lowest BCUT2D eigenvalue weighted by atomic mass is 9.85. The van der Waals surface area contributed by atoms with Gasteiger partial charge in [-0.05, 0) is 25.2 Å². The van der Waals surface area contributed by atoms with E-state index in [9.17, 15) is 4.79 Å². The number of aryl methyl sites for hydroxylation is 1. The van der Waals surface area contributed by atoms with Crippen LogP contribution >= 0.6 is 11.3 Å². The molecule has 1 aliphatic carbocycles. The molecule has 0 atom stereocenters. The van der Waals surface area contributed by atoms with Gasteiger partial charge in [0.15, 0.2) is 11.4 Å². The largest absolute Gasteiger partial charge is 0.351 e. The minimum absolute atomic E-state index is 0.808. The van der Waals surface area contributed by atoms with E-state index in [1.165, 1.54) is 30.6 Å². The van der Waals surface area contributed by atoms with Gasteiger partial charge >= 0.3 is 0 Å². The van der Waals surface area contributed by atoms with Gasteiger partial charge in [0.25, 0.3) is 0 Å². The summed E-state index contributed by atoms with van der Waals surface area (Å²) < 4.78 is 0. The summed E-state index contributed by atoms with van der Waals surface area (Å²) in [6.45, 7) is 3.20. The third-order valence-corrected chi connectivity index (χ3v) is 4.53. The van der Waals surface area contributed by atoms with E-state index >= 15 is 0 Å². The Morgan fingerprint density at radius 1 is 1.53 bits per heavy atom. The van der Waals surface area contributed by atoms with E-state index in [1.807, 2.05) is 0 Å². The second kappa shape index (κ2) is 5.63. The molecule has 1 aliphatic rings. The molecule has 0 spiro atoms. The van der Waals surface area contributed by atoms with Gasteiger partial charge in [-0.3, -0.25) is 4.79 Å². The average Bonchev–Trinajstić information content (AvgIpc) is 2.67. The molecule has 1 fully saturated rings. The van der Waals surface area contributed by atoms with Crippen molar-refractivity contribution in [2.24, 2.45) is 5.92 Å². The molecule has 2 rings (SSSR count). The van der Waals surface area contributed by atoms with Crippen LogP contribution in [0.3, 0.4) is 0 Å². The lowest BCUT2D eigenvalue weighted by Gasteiger charge is -2.29. The highest BCUT2D eigenvalue weighted by atomic mass is 32.1. The van der Waals surface area contributed by atoms with Crippen LogP contribution in [0.2, 0.25) is 0 Å². The van der Waals surface area contributed by atoms with Gasteiger partial charge in [0.2, 0.25) is 0 Å². The van der Waals surface area contributed by atoms with Crippen LogP contribution in [-0.2, 0) is 6.42 Å². The summed E-state index contributed by atoms with van der Waals surface area (Å²) >= 11 is 1.53. The Morgan fingerprint density at radius 3 is 2.82 bits per heavy atom. The molecule has 1 aromatic heterocycles. The van der Waals surface area contributed by atoms with Gasteiger partial charge in [-0.25, -0.2) is 4.98 Å². The molecule has 0 amide bonds. The van der Waals surface area contributed by atoms with Crippen molar-refractivity contribution in [1.82, 2.24) is 4.98 Å². The van der Waals surface area contributed by atoms with Crippen LogP contribution in [0.5, 0.6) is 0 Å². The zero-order chi connectivity index (χ0) is 12.3. The lowest BCUT2D eigenvalue weighted by Crippen LogP contribution is -2.29. The molecule has 0 saturated heterocycles. The van der Waals surface area contributed by atoms with Gasteiger partial charge in [0.05, 0.1) is 10.6 Å². The quantitative estimate of drug-likeness (QED) is 0.729. The van der Waals surface area contributed by atoms with Gasteiger partial charge < -0.3 is 4.90 Å². The summed E-state index contributed by atoms with van der Waals surface area (Å²) in [5.41, 5.74) is 0.975. The summed E-state index contributed by atoms with van der Waals surface area (Å²) in [5.74, 6) is 0.832. The maximum Gasteiger partial charge on any atom is 0.185 e. The van der Waals surface area contributed by atoms with Gasteiger partial charge in [0, 0.05) is 13.6 Å². The molecule has 1 heterocycles. The van der Waals surface area contributed by atoms with E-state index in [2.05, 4.69) is 23.9 Å². The minimum Gasteiger partial charge on any atom is -0.351 e. The van der Waals surface area contributed by atoms with Crippen molar-refractivity contribution in [2.45, 2.75) is 39.0 Å². The number of carbonyl (C=O) groups excluding carboxylic acids is 1. The third-order valence-electron chi connectivity index (χ3n) is 3.39. The Bertz CT molecular complexity index is 385. The van der Waals surface area contributed by atoms with Crippen LogP contribution in [0.25, 0.3) is 0 Å². The Kier molecular flexibility index (Phi) is 4.15. The summed E-state index contributed by atoms with van der Waals surface area (Å²) in [6, 6.07) is 0. The van der Waals surface area contributed by atoms with E-state index in [4.69, 9.17) is 0 Å². The van der Waals surface area contributed by atoms with Crippen LogP contribution in [0.1, 0.15) is 48.0 Å². The normalized spacial score (nSPS) is 15.6. The molecular weight excluding hydrogens is 232 g/mol. The molecule has 0 N–H and O–H groups in total. The first-order chi connectivity index (χ1) is 8.24. The second-order valence-electron chi connectivity index (χ2n) is 4.85. The fourth-order valence-corrected chi connectivity index (χ4v) is 3.06. The SMILES string of the molecule is CCCc1nc(N(C)CC2CCC2)sc1C=O. The molecule has 0 aromatic carbocycles. The minimum atomic E-state index is 0.808. The van der Waals surface area contributed by atoms with Crippen molar-refractivity contribution in [3.05, 3.63) is 10.6 Å². The highest BCUT2D eigenvalue weighted by Crippen LogP contribution is 2.30. The van der Waals surface area contributed by atoms with Crippen molar-refractivity contribution in [3.8, 4) is 0 Å². The number of anilines is 1. The first-order valence-electron chi connectivity index (χ1n) is 6.40. The smallest absolute Gasteiger partial charge is 0.185 e. The van der Waals surface area contributed by atoms with Crippen molar-refractivity contribution >= 4 is 22.8 Å². The Balaban J connectivity index is 2.05. The fraction of sp³-hybridized carbons (Fsp3) is 0.692. The van der Waals surface area contributed by atoms with E-state index in [1.54, 1.807) is 0 Å². The van der Waals surface area contributed by atoms with E-state index in [-0.39, 0.29) is 0 Å². The molecule has 1 saturated carbocycles. The predicted octanol–water partition coefficient (Wildman–Crippen LogP) is 3.14. The van der Waals surface area contributed by atoms with Crippen LogP contribution in [0, 0.1) is 5.92 Å². The number of nitrogens with zero attached hydrogens (tertiary/aromatic N) is 2. The zero-order valence-electron chi connectivity index (χ0n) is 10.6. The predicted molar refractivity (Wildman–Crippen MR) is 72.1 cm³/mol. The van der Waals surface area contributed by atoms with E-state index < -0.39 is 0 Å². The van der Waals surface area contributed by atoms with Crippen LogP contribution in [0.4, 0.5) is 5.13 Å². The number of hydrogen-bond acceptors (Lipinski definition) is 4. The summed E-state index contributed by atoms with van der Waals surface area (Å²) in [6.07, 6.45) is 6.95. The van der Waals surface area contributed by atoms with E-state index in [0.717, 1.165) is 47.3 Å². The third kappa shape index (κ3) is 2.86. The molecule has 17 heavy (non-hydrogen) atoms.